The molecule has 0 spiro atoms. The van der Waals surface area contributed by atoms with Crippen LogP contribution in [0.4, 0.5) is 5.69 Å². The molecule has 0 aliphatic rings. The minimum Gasteiger partial charge on any atom is -0.478 e. The third kappa shape index (κ3) is 7.48. The van der Waals surface area contributed by atoms with Crippen LogP contribution < -0.4 is 5.32 Å². The fourth-order valence-corrected chi connectivity index (χ4v) is 3.64. The van der Waals surface area contributed by atoms with Crippen molar-refractivity contribution in [3.8, 4) is 6.07 Å². The molecule has 2 N–H and O–H groups in total. The second kappa shape index (κ2) is 12.6. The Labute approximate surface area is 180 Å². The molecule has 1 aromatic heterocycles. The van der Waals surface area contributed by atoms with E-state index in [4.69, 9.17) is 5.26 Å². The summed E-state index contributed by atoms with van der Waals surface area (Å²) in [6.07, 6.45) is 11.7. The molecule has 8 heteroatoms. The standard InChI is InChI=1S/C22H26N4O3S/c1-2-3-4-5-6-7-8-11-30-20-15-24-19(14-25-20)21(27)26-18-10-9-16(13-23)12-17(18)22(28)29/h9-10,12,14-15H,2-8,11H2,1H3,(H,26,27)(H,28,29). The molecule has 0 radical (unpaired) electrons. The molecule has 7 nitrogen and oxygen atoms in total. The molecule has 0 bridgehead atoms. The lowest BCUT2D eigenvalue weighted by molar-refractivity contribution is 0.0698. The van der Waals surface area contributed by atoms with E-state index >= 15 is 0 Å². The molecule has 0 unspecified atom stereocenters. The molecule has 0 aliphatic heterocycles. The Kier molecular flexibility index (Phi) is 9.81. The van der Waals surface area contributed by atoms with Crippen molar-refractivity contribution in [2.45, 2.75) is 56.9 Å². The van der Waals surface area contributed by atoms with Crippen molar-refractivity contribution in [2.24, 2.45) is 0 Å². The van der Waals surface area contributed by atoms with Gasteiger partial charge in [-0.3, -0.25) is 4.79 Å². The Bertz CT molecular complexity index is 894. The van der Waals surface area contributed by atoms with Gasteiger partial charge in [0.2, 0.25) is 0 Å². The van der Waals surface area contributed by atoms with Gasteiger partial charge < -0.3 is 10.4 Å². The lowest BCUT2D eigenvalue weighted by Gasteiger charge is -2.08. The fourth-order valence-electron chi connectivity index (χ4n) is 2.83. The minimum absolute atomic E-state index is 0.0935. The third-order valence-electron chi connectivity index (χ3n) is 4.49. The molecule has 158 valence electrons. The monoisotopic (exact) mass is 426 g/mol. The number of hydrogen-bond acceptors (Lipinski definition) is 6. The van der Waals surface area contributed by atoms with Gasteiger partial charge in [0.1, 0.15) is 10.7 Å². The summed E-state index contributed by atoms with van der Waals surface area (Å²) in [4.78, 5) is 32.2. The molecule has 2 rings (SSSR count). The Morgan fingerprint density at radius 3 is 2.47 bits per heavy atom. The molecule has 0 atom stereocenters. The second-order valence-electron chi connectivity index (χ2n) is 6.84. The normalized spacial score (nSPS) is 10.4. The SMILES string of the molecule is CCCCCCCCCSc1cnc(C(=O)Nc2ccc(C#N)cc2C(=O)O)cn1. The molecule has 1 amide bonds. The van der Waals surface area contributed by atoms with Gasteiger partial charge in [-0.2, -0.15) is 5.26 Å². The molecular weight excluding hydrogens is 400 g/mol. The van der Waals surface area contributed by atoms with E-state index in [1.807, 2.05) is 6.07 Å². The van der Waals surface area contributed by atoms with Crippen LogP contribution in [0.2, 0.25) is 0 Å². The van der Waals surface area contributed by atoms with Gasteiger partial charge in [-0.15, -0.1) is 11.8 Å². The van der Waals surface area contributed by atoms with Gasteiger partial charge in [-0.1, -0.05) is 45.4 Å². The van der Waals surface area contributed by atoms with Crippen molar-refractivity contribution >= 4 is 29.3 Å². The predicted molar refractivity (Wildman–Crippen MR) is 117 cm³/mol. The van der Waals surface area contributed by atoms with Crippen LogP contribution in [-0.4, -0.2) is 32.7 Å². The van der Waals surface area contributed by atoms with E-state index in [0.29, 0.717) is 0 Å². The number of carbonyl (C=O) groups is 2. The molecule has 0 aliphatic carbocycles. The molecule has 30 heavy (non-hydrogen) atoms. The highest BCUT2D eigenvalue weighted by Gasteiger charge is 2.15. The van der Waals surface area contributed by atoms with Crippen molar-refractivity contribution in [3.63, 3.8) is 0 Å². The molecule has 1 aromatic carbocycles. The van der Waals surface area contributed by atoms with Gasteiger partial charge in [0.25, 0.3) is 5.91 Å². The number of carbonyl (C=O) groups excluding carboxylic acids is 1. The summed E-state index contributed by atoms with van der Waals surface area (Å²) in [5.41, 5.74) is 0.242. The van der Waals surface area contributed by atoms with Gasteiger partial charge in [-0.25, -0.2) is 14.8 Å². The predicted octanol–water partition coefficient (Wildman–Crippen LogP) is 5.14. The van der Waals surface area contributed by atoms with E-state index in [0.717, 1.165) is 17.2 Å². The number of anilines is 1. The summed E-state index contributed by atoms with van der Waals surface area (Å²) in [7, 11) is 0. The number of carboxylic acid groups (broad SMARTS) is 1. The maximum absolute atomic E-state index is 12.4. The number of aromatic carboxylic acids is 1. The average molecular weight is 427 g/mol. The van der Waals surface area contributed by atoms with Gasteiger partial charge in [0.15, 0.2) is 0 Å². The Morgan fingerprint density at radius 2 is 1.83 bits per heavy atom. The molecule has 0 fully saturated rings. The zero-order valence-electron chi connectivity index (χ0n) is 17.1. The van der Waals surface area contributed by atoms with E-state index < -0.39 is 11.9 Å². The van der Waals surface area contributed by atoms with Crippen LogP contribution in [0.25, 0.3) is 0 Å². The van der Waals surface area contributed by atoms with Crippen molar-refractivity contribution in [1.82, 2.24) is 9.97 Å². The molecule has 0 saturated heterocycles. The van der Waals surface area contributed by atoms with Gasteiger partial charge in [-0.05, 0) is 30.4 Å². The molecule has 2 aromatic rings. The molecular formula is C22H26N4O3S. The van der Waals surface area contributed by atoms with E-state index in [9.17, 15) is 14.7 Å². The quantitative estimate of drug-likeness (QED) is 0.356. The first-order chi connectivity index (χ1) is 14.5. The summed E-state index contributed by atoms with van der Waals surface area (Å²) in [5.74, 6) is -0.828. The zero-order valence-corrected chi connectivity index (χ0v) is 17.9. The Balaban J connectivity index is 1.84. The van der Waals surface area contributed by atoms with E-state index in [-0.39, 0.29) is 22.5 Å². The largest absolute Gasteiger partial charge is 0.478 e. The number of benzene rings is 1. The van der Waals surface area contributed by atoms with Crippen LogP contribution in [0.1, 0.15) is 78.3 Å². The Hall–Kier alpha value is -2.92. The van der Waals surface area contributed by atoms with Gasteiger partial charge in [0.05, 0.1) is 35.3 Å². The first-order valence-electron chi connectivity index (χ1n) is 10.1. The van der Waals surface area contributed by atoms with Crippen molar-refractivity contribution in [3.05, 3.63) is 47.4 Å². The van der Waals surface area contributed by atoms with E-state index in [2.05, 4.69) is 22.2 Å². The van der Waals surface area contributed by atoms with Crippen molar-refractivity contribution < 1.29 is 14.7 Å². The number of nitrogens with one attached hydrogen (secondary N) is 1. The summed E-state index contributed by atoms with van der Waals surface area (Å²) in [5, 5.41) is 21.5. The lowest BCUT2D eigenvalue weighted by atomic mass is 10.1. The fraction of sp³-hybridized carbons (Fsp3) is 0.409. The van der Waals surface area contributed by atoms with E-state index in [1.165, 1.54) is 62.9 Å². The van der Waals surface area contributed by atoms with Gasteiger partial charge >= 0.3 is 5.97 Å². The maximum Gasteiger partial charge on any atom is 0.337 e. The first kappa shape index (κ1) is 23.4. The highest BCUT2D eigenvalue weighted by atomic mass is 32.2. The van der Waals surface area contributed by atoms with Crippen LogP contribution in [0, 0.1) is 11.3 Å². The number of hydrogen-bond donors (Lipinski definition) is 2. The number of nitriles is 1. The maximum atomic E-state index is 12.4. The van der Waals surface area contributed by atoms with Crippen LogP contribution in [0.15, 0.2) is 35.6 Å². The van der Waals surface area contributed by atoms with Gasteiger partial charge in [0, 0.05) is 0 Å². The minimum atomic E-state index is -1.23. The summed E-state index contributed by atoms with van der Waals surface area (Å²) < 4.78 is 0. The van der Waals surface area contributed by atoms with Crippen LogP contribution in [-0.2, 0) is 0 Å². The number of carboxylic acids is 1. The highest BCUT2D eigenvalue weighted by Crippen LogP contribution is 2.20. The number of rotatable bonds is 12. The second-order valence-corrected chi connectivity index (χ2v) is 7.96. The van der Waals surface area contributed by atoms with Crippen LogP contribution >= 0.6 is 11.8 Å². The molecule has 1 heterocycles. The number of aromatic nitrogens is 2. The smallest absolute Gasteiger partial charge is 0.337 e. The Morgan fingerprint density at radius 1 is 1.10 bits per heavy atom. The topological polar surface area (TPSA) is 116 Å². The lowest BCUT2D eigenvalue weighted by Crippen LogP contribution is -2.16. The number of unbranched alkanes of at least 4 members (excludes halogenated alkanes) is 6. The first-order valence-corrected chi connectivity index (χ1v) is 11.1. The number of thioether (sulfide) groups is 1. The molecule has 0 saturated carbocycles. The number of amides is 1. The van der Waals surface area contributed by atoms with Crippen LogP contribution in [0.3, 0.4) is 0 Å². The summed E-state index contributed by atoms with van der Waals surface area (Å²) in [6, 6.07) is 5.92. The average Bonchev–Trinajstić information content (AvgIpc) is 2.76. The third-order valence-corrected chi connectivity index (χ3v) is 5.49. The highest BCUT2D eigenvalue weighted by molar-refractivity contribution is 7.99. The van der Waals surface area contributed by atoms with Crippen molar-refractivity contribution in [2.75, 3.05) is 11.1 Å². The summed E-state index contributed by atoms with van der Waals surface area (Å²) in [6.45, 7) is 2.22. The van der Waals surface area contributed by atoms with Crippen molar-refractivity contribution in [1.29, 1.82) is 5.26 Å². The van der Waals surface area contributed by atoms with Crippen LogP contribution in [0.5, 0.6) is 0 Å². The zero-order chi connectivity index (χ0) is 21.8. The number of nitrogens with zero attached hydrogens (tertiary/aromatic N) is 3. The summed E-state index contributed by atoms with van der Waals surface area (Å²) >= 11 is 1.61. The van der Waals surface area contributed by atoms with E-state index in [1.54, 1.807) is 18.0 Å².